The van der Waals surface area contributed by atoms with Gasteiger partial charge in [-0.05, 0) is 24.1 Å². The Morgan fingerprint density at radius 3 is 2.85 bits per heavy atom. The molecular formula is C14H16ClNO4. The van der Waals surface area contributed by atoms with Crippen molar-refractivity contribution in [2.24, 2.45) is 5.92 Å². The lowest BCUT2D eigenvalue weighted by atomic mass is 10.00. The number of ether oxygens (including phenoxy) is 2. The highest BCUT2D eigenvalue weighted by Crippen LogP contribution is 2.46. The molecule has 1 fully saturated rings. The molecule has 1 aromatic rings. The summed E-state index contributed by atoms with van der Waals surface area (Å²) in [6.45, 7) is 4.10. The van der Waals surface area contributed by atoms with Gasteiger partial charge in [-0.3, -0.25) is 4.79 Å². The van der Waals surface area contributed by atoms with Gasteiger partial charge < -0.3 is 19.9 Å². The number of carboxylic acid groups (broad SMARTS) is 1. The molecule has 2 atom stereocenters. The van der Waals surface area contributed by atoms with E-state index >= 15 is 0 Å². The van der Waals surface area contributed by atoms with Gasteiger partial charge in [0.05, 0.1) is 10.9 Å². The SMILES string of the molecule is CC1(C)Oc2cc(C3CC(C(=O)O)CN3)cc(Cl)c2O1. The zero-order valence-corrected chi connectivity index (χ0v) is 12.0. The van der Waals surface area contributed by atoms with Gasteiger partial charge in [0, 0.05) is 26.4 Å². The fourth-order valence-corrected chi connectivity index (χ4v) is 2.93. The molecule has 0 aliphatic carbocycles. The average molecular weight is 298 g/mol. The number of aliphatic carboxylic acids is 1. The van der Waals surface area contributed by atoms with E-state index in [1.807, 2.05) is 26.0 Å². The van der Waals surface area contributed by atoms with E-state index in [0.717, 1.165) is 5.56 Å². The highest BCUT2D eigenvalue weighted by molar-refractivity contribution is 6.32. The van der Waals surface area contributed by atoms with Crippen LogP contribution in [0.3, 0.4) is 0 Å². The van der Waals surface area contributed by atoms with Crippen molar-refractivity contribution in [3.05, 3.63) is 22.7 Å². The minimum absolute atomic E-state index is 0.0220. The van der Waals surface area contributed by atoms with Gasteiger partial charge in [-0.15, -0.1) is 0 Å². The topological polar surface area (TPSA) is 67.8 Å². The minimum Gasteiger partial charge on any atom is -0.481 e. The molecule has 2 aliphatic heterocycles. The fraction of sp³-hybridized carbons (Fsp3) is 0.500. The van der Waals surface area contributed by atoms with Crippen molar-refractivity contribution in [1.82, 2.24) is 5.32 Å². The van der Waals surface area contributed by atoms with Gasteiger partial charge in [0.2, 0.25) is 5.79 Å². The Morgan fingerprint density at radius 1 is 1.45 bits per heavy atom. The van der Waals surface area contributed by atoms with Gasteiger partial charge in [0.25, 0.3) is 0 Å². The first-order valence-corrected chi connectivity index (χ1v) is 6.91. The summed E-state index contributed by atoms with van der Waals surface area (Å²) in [6.07, 6.45) is 0.550. The number of hydrogen-bond acceptors (Lipinski definition) is 4. The highest BCUT2D eigenvalue weighted by atomic mass is 35.5. The molecule has 0 amide bonds. The predicted octanol–water partition coefficient (Wildman–Crippen LogP) is 2.58. The average Bonchev–Trinajstić information content (AvgIpc) is 2.92. The first-order valence-electron chi connectivity index (χ1n) is 6.53. The third-order valence-electron chi connectivity index (χ3n) is 3.62. The third-order valence-corrected chi connectivity index (χ3v) is 3.90. The van der Waals surface area contributed by atoms with E-state index in [0.29, 0.717) is 29.5 Å². The van der Waals surface area contributed by atoms with Gasteiger partial charge in [0.15, 0.2) is 11.5 Å². The molecular weight excluding hydrogens is 282 g/mol. The van der Waals surface area contributed by atoms with Gasteiger partial charge in [0.1, 0.15) is 0 Å². The van der Waals surface area contributed by atoms with Crippen molar-refractivity contribution in [3.63, 3.8) is 0 Å². The van der Waals surface area contributed by atoms with Crippen molar-refractivity contribution in [2.45, 2.75) is 32.1 Å². The van der Waals surface area contributed by atoms with Crippen LogP contribution in [-0.4, -0.2) is 23.4 Å². The molecule has 1 saturated heterocycles. The summed E-state index contributed by atoms with van der Waals surface area (Å²) < 4.78 is 11.3. The third kappa shape index (κ3) is 2.31. The van der Waals surface area contributed by atoms with E-state index in [4.69, 9.17) is 26.2 Å². The molecule has 0 bridgehead atoms. The number of rotatable bonds is 2. The second-order valence-corrected chi connectivity index (χ2v) is 6.07. The van der Waals surface area contributed by atoms with Gasteiger partial charge in [-0.1, -0.05) is 11.6 Å². The summed E-state index contributed by atoms with van der Waals surface area (Å²) in [5.74, 6) is -0.697. The normalized spacial score (nSPS) is 26.8. The van der Waals surface area contributed by atoms with Crippen LogP contribution in [-0.2, 0) is 4.79 Å². The lowest BCUT2D eigenvalue weighted by Crippen LogP contribution is -2.29. The molecule has 3 rings (SSSR count). The molecule has 2 unspecified atom stereocenters. The van der Waals surface area contributed by atoms with Crippen molar-refractivity contribution >= 4 is 17.6 Å². The van der Waals surface area contributed by atoms with E-state index in [-0.39, 0.29) is 12.0 Å². The smallest absolute Gasteiger partial charge is 0.307 e. The summed E-state index contributed by atoms with van der Waals surface area (Å²) in [7, 11) is 0. The van der Waals surface area contributed by atoms with Crippen molar-refractivity contribution in [1.29, 1.82) is 0 Å². The number of benzene rings is 1. The fourth-order valence-electron chi connectivity index (χ4n) is 2.67. The first-order chi connectivity index (χ1) is 9.35. The molecule has 0 saturated carbocycles. The Balaban J connectivity index is 1.87. The summed E-state index contributed by atoms with van der Waals surface area (Å²) in [6, 6.07) is 3.66. The van der Waals surface area contributed by atoms with Crippen LogP contribution in [0.15, 0.2) is 12.1 Å². The minimum atomic E-state index is -0.770. The van der Waals surface area contributed by atoms with Gasteiger partial charge in [-0.25, -0.2) is 0 Å². The second kappa shape index (κ2) is 4.53. The Labute approximate surface area is 121 Å². The van der Waals surface area contributed by atoms with E-state index in [2.05, 4.69) is 5.32 Å². The first kappa shape index (κ1) is 13.5. The van der Waals surface area contributed by atoms with Gasteiger partial charge >= 0.3 is 5.97 Å². The number of fused-ring (bicyclic) bond motifs is 1. The second-order valence-electron chi connectivity index (χ2n) is 5.67. The number of halogens is 1. The molecule has 108 valence electrons. The Hall–Kier alpha value is -1.46. The van der Waals surface area contributed by atoms with Crippen molar-refractivity contribution in [2.75, 3.05) is 6.54 Å². The molecule has 0 aromatic heterocycles. The maximum Gasteiger partial charge on any atom is 0.307 e. The van der Waals surface area contributed by atoms with Crippen LogP contribution in [0.25, 0.3) is 0 Å². The highest BCUT2D eigenvalue weighted by Gasteiger charge is 2.36. The van der Waals surface area contributed by atoms with Crippen LogP contribution >= 0.6 is 11.6 Å². The molecule has 2 heterocycles. The molecule has 1 aromatic carbocycles. The van der Waals surface area contributed by atoms with Crippen molar-refractivity contribution < 1.29 is 19.4 Å². The zero-order valence-electron chi connectivity index (χ0n) is 11.3. The van der Waals surface area contributed by atoms with E-state index in [1.54, 1.807) is 0 Å². The number of hydrogen-bond donors (Lipinski definition) is 2. The number of carbonyl (C=O) groups is 1. The van der Waals surface area contributed by atoms with Crippen LogP contribution in [0.2, 0.25) is 5.02 Å². The molecule has 6 heteroatoms. The van der Waals surface area contributed by atoms with Crippen LogP contribution in [0, 0.1) is 5.92 Å². The van der Waals surface area contributed by atoms with Crippen molar-refractivity contribution in [3.8, 4) is 11.5 Å². The van der Waals surface area contributed by atoms with Crippen LogP contribution in [0.4, 0.5) is 0 Å². The molecule has 2 aliphatic rings. The standard InChI is InChI=1S/C14H16ClNO4/c1-14(2)19-11-5-7(3-9(15)12(11)20-14)10-4-8(6-16-10)13(17)18/h3,5,8,10,16H,4,6H2,1-2H3,(H,17,18). The maximum atomic E-state index is 11.0. The van der Waals surface area contributed by atoms with E-state index in [1.165, 1.54) is 0 Å². The molecule has 0 radical (unpaired) electrons. The number of carboxylic acids is 1. The summed E-state index contributed by atoms with van der Waals surface area (Å²) in [4.78, 5) is 11.0. The molecule has 20 heavy (non-hydrogen) atoms. The zero-order chi connectivity index (χ0) is 14.5. The molecule has 5 nitrogen and oxygen atoms in total. The molecule has 0 spiro atoms. The van der Waals surface area contributed by atoms with E-state index in [9.17, 15) is 4.79 Å². The summed E-state index contributed by atoms with van der Waals surface area (Å²) >= 11 is 6.23. The largest absolute Gasteiger partial charge is 0.481 e. The monoisotopic (exact) mass is 297 g/mol. The Kier molecular flexibility index (Phi) is 3.06. The van der Waals surface area contributed by atoms with Crippen LogP contribution in [0.1, 0.15) is 31.9 Å². The summed E-state index contributed by atoms with van der Waals surface area (Å²) in [5, 5.41) is 12.7. The molecule has 2 N–H and O–H groups in total. The van der Waals surface area contributed by atoms with Crippen LogP contribution in [0.5, 0.6) is 11.5 Å². The Bertz CT molecular complexity index is 573. The van der Waals surface area contributed by atoms with Crippen LogP contribution < -0.4 is 14.8 Å². The summed E-state index contributed by atoms with van der Waals surface area (Å²) in [5.41, 5.74) is 0.929. The van der Waals surface area contributed by atoms with Gasteiger partial charge in [-0.2, -0.15) is 0 Å². The Morgan fingerprint density at radius 2 is 2.20 bits per heavy atom. The number of nitrogens with one attached hydrogen (secondary N) is 1. The lowest BCUT2D eigenvalue weighted by molar-refractivity contribution is -0.141. The van der Waals surface area contributed by atoms with E-state index < -0.39 is 11.8 Å². The lowest BCUT2D eigenvalue weighted by Gasteiger charge is -2.16. The predicted molar refractivity (Wildman–Crippen MR) is 73.3 cm³/mol. The maximum absolute atomic E-state index is 11.0. The quantitative estimate of drug-likeness (QED) is 0.878.